The molecule has 0 unspecified atom stereocenters. The summed E-state index contributed by atoms with van der Waals surface area (Å²) < 4.78 is 0. The molecule has 1 aromatic heterocycles. The van der Waals surface area contributed by atoms with Crippen LogP contribution in [0.5, 0.6) is 0 Å². The van der Waals surface area contributed by atoms with Crippen LogP contribution in [-0.4, -0.2) is 48.1 Å². The summed E-state index contributed by atoms with van der Waals surface area (Å²) in [6.07, 6.45) is 1.07. The van der Waals surface area contributed by atoms with Gasteiger partial charge in [0.1, 0.15) is 11.6 Å². The fourth-order valence-electron chi connectivity index (χ4n) is 2.24. The Hall–Kier alpha value is -2.14. The maximum atomic E-state index is 4.65. The maximum absolute atomic E-state index is 4.65. The molecule has 0 saturated carbocycles. The van der Waals surface area contributed by atoms with Gasteiger partial charge in [0.25, 0.3) is 0 Å². The number of rotatable bonds is 8. The Morgan fingerprint density at radius 1 is 1.04 bits per heavy atom. The topological polar surface area (TPSA) is 53.1 Å². The van der Waals surface area contributed by atoms with E-state index in [4.69, 9.17) is 0 Å². The van der Waals surface area contributed by atoms with Crippen molar-refractivity contribution < 1.29 is 0 Å². The average Bonchev–Trinajstić information content (AvgIpc) is 2.51. The highest BCUT2D eigenvalue weighted by Crippen LogP contribution is 2.20. The molecule has 0 bridgehead atoms. The summed E-state index contributed by atoms with van der Waals surface area (Å²) >= 11 is 0. The number of nitrogens with zero attached hydrogens (tertiary/aromatic N) is 3. The fourth-order valence-corrected chi connectivity index (χ4v) is 2.24. The van der Waals surface area contributed by atoms with E-state index in [2.05, 4.69) is 53.4 Å². The largest absolute Gasteiger partial charge is 0.370 e. The van der Waals surface area contributed by atoms with E-state index in [-0.39, 0.29) is 0 Å². The Kier molecular flexibility index (Phi) is 6.35. The molecule has 5 nitrogen and oxygen atoms in total. The van der Waals surface area contributed by atoms with Crippen LogP contribution in [0.25, 0.3) is 11.4 Å². The molecule has 0 amide bonds. The second-order valence-electron chi connectivity index (χ2n) is 6.21. The van der Waals surface area contributed by atoms with E-state index in [0.29, 0.717) is 6.04 Å². The first-order valence-corrected chi connectivity index (χ1v) is 8.14. The molecule has 0 aliphatic carbocycles. The van der Waals surface area contributed by atoms with Gasteiger partial charge in [-0.25, -0.2) is 9.97 Å². The van der Waals surface area contributed by atoms with Gasteiger partial charge in [-0.3, -0.25) is 0 Å². The number of benzene rings is 1. The van der Waals surface area contributed by atoms with Crippen molar-refractivity contribution in [3.63, 3.8) is 0 Å². The lowest BCUT2D eigenvalue weighted by Gasteiger charge is -2.14. The lowest BCUT2D eigenvalue weighted by molar-refractivity contribution is 0.405. The van der Waals surface area contributed by atoms with Crippen LogP contribution in [-0.2, 0) is 0 Å². The van der Waals surface area contributed by atoms with Crippen LogP contribution in [0, 0.1) is 0 Å². The van der Waals surface area contributed by atoms with Crippen molar-refractivity contribution >= 4 is 11.6 Å². The Morgan fingerprint density at radius 3 is 2.39 bits per heavy atom. The van der Waals surface area contributed by atoms with Gasteiger partial charge in [0, 0.05) is 24.2 Å². The molecule has 0 spiro atoms. The second-order valence-corrected chi connectivity index (χ2v) is 6.21. The molecule has 0 radical (unpaired) electrons. The van der Waals surface area contributed by atoms with Gasteiger partial charge in [0.2, 0.25) is 0 Å². The third-order valence-electron chi connectivity index (χ3n) is 3.28. The van der Waals surface area contributed by atoms with Gasteiger partial charge < -0.3 is 15.5 Å². The molecule has 0 aliphatic heterocycles. The summed E-state index contributed by atoms with van der Waals surface area (Å²) in [5.74, 6) is 2.45. The van der Waals surface area contributed by atoms with Crippen molar-refractivity contribution in [3.05, 3.63) is 36.4 Å². The summed E-state index contributed by atoms with van der Waals surface area (Å²) in [4.78, 5) is 11.5. The van der Waals surface area contributed by atoms with Gasteiger partial charge in [-0.1, -0.05) is 30.3 Å². The zero-order valence-electron chi connectivity index (χ0n) is 14.5. The minimum Gasteiger partial charge on any atom is -0.370 e. The number of nitrogens with one attached hydrogen (secondary N) is 2. The quantitative estimate of drug-likeness (QED) is 0.732. The zero-order chi connectivity index (χ0) is 16.7. The highest BCUT2D eigenvalue weighted by atomic mass is 15.1. The van der Waals surface area contributed by atoms with Crippen molar-refractivity contribution in [2.45, 2.75) is 26.3 Å². The third kappa shape index (κ3) is 5.87. The van der Waals surface area contributed by atoms with E-state index >= 15 is 0 Å². The maximum Gasteiger partial charge on any atom is 0.163 e. The minimum atomic E-state index is 0.329. The van der Waals surface area contributed by atoms with E-state index < -0.39 is 0 Å². The highest BCUT2D eigenvalue weighted by Gasteiger charge is 2.07. The van der Waals surface area contributed by atoms with Crippen LogP contribution in [0.15, 0.2) is 36.4 Å². The molecule has 0 saturated heterocycles. The van der Waals surface area contributed by atoms with Crippen molar-refractivity contribution in [3.8, 4) is 11.4 Å². The van der Waals surface area contributed by atoms with E-state index in [9.17, 15) is 0 Å². The minimum absolute atomic E-state index is 0.329. The molecule has 0 atom stereocenters. The third-order valence-corrected chi connectivity index (χ3v) is 3.28. The molecule has 5 heteroatoms. The predicted molar refractivity (Wildman–Crippen MR) is 97.9 cm³/mol. The van der Waals surface area contributed by atoms with Gasteiger partial charge >= 0.3 is 0 Å². The van der Waals surface area contributed by atoms with E-state index in [1.165, 1.54) is 0 Å². The van der Waals surface area contributed by atoms with Crippen LogP contribution in [0.4, 0.5) is 11.6 Å². The van der Waals surface area contributed by atoms with E-state index in [1.807, 2.05) is 36.4 Å². The average molecular weight is 313 g/mol. The van der Waals surface area contributed by atoms with Gasteiger partial charge in [-0.15, -0.1) is 0 Å². The van der Waals surface area contributed by atoms with E-state index in [0.717, 1.165) is 42.5 Å². The van der Waals surface area contributed by atoms with Crippen LogP contribution < -0.4 is 10.6 Å². The van der Waals surface area contributed by atoms with Gasteiger partial charge in [0.05, 0.1) is 0 Å². The lowest BCUT2D eigenvalue weighted by Crippen LogP contribution is -2.17. The Bertz CT molecular complexity index is 596. The normalized spacial score (nSPS) is 11.0. The van der Waals surface area contributed by atoms with Crippen molar-refractivity contribution in [2.24, 2.45) is 0 Å². The van der Waals surface area contributed by atoms with Gasteiger partial charge in [-0.05, 0) is 40.9 Å². The fraction of sp³-hybridized carbons (Fsp3) is 0.444. The second kappa shape index (κ2) is 8.48. The first-order valence-electron chi connectivity index (χ1n) is 8.14. The Balaban J connectivity index is 2.16. The highest BCUT2D eigenvalue weighted by molar-refractivity contribution is 5.61. The van der Waals surface area contributed by atoms with Crippen LogP contribution in [0.3, 0.4) is 0 Å². The number of hydrogen-bond acceptors (Lipinski definition) is 5. The lowest BCUT2D eigenvalue weighted by atomic mass is 10.2. The first-order chi connectivity index (χ1) is 11.0. The molecule has 1 heterocycles. The molecule has 124 valence electrons. The molecule has 0 aliphatic rings. The van der Waals surface area contributed by atoms with Crippen LogP contribution in [0.2, 0.25) is 0 Å². The predicted octanol–water partition coefficient (Wildman–Crippen LogP) is 3.33. The number of anilines is 2. The summed E-state index contributed by atoms with van der Waals surface area (Å²) in [6, 6.07) is 12.4. The van der Waals surface area contributed by atoms with Crippen LogP contribution >= 0.6 is 0 Å². The van der Waals surface area contributed by atoms with Gasteiger partial charge in [0.15, 0.2) is 5.82 Å². The molecule has 1 aromatic carbocycles. The van der Waals surface area contributed by atoms with E-state index in [1.54, 1.807) is 0 Å². The van der Waals surface area contributed by atoms with Crippen molar-refractivity contribution in [1.29, 1.82) is 0 Å². The Labute approximate surface area is 139 Å². The SMILES string of the molecule is CC(C)Nc1cc(NCCCN(C)C)nc(-c2ccccc2)n1. The van der Waals surface area contributed by atoms with Crippen molar-refractivity contribution in [2.75, 3.05) is 37.8 Å². The van der Waals surface area contributed by atoms with Crippen molar-refractivity contribution in [1.82, 2.24) is 14.9 Å². The standard InChI is InChI=1S/C18H27N5/c1-14(2)20-17-13-16(19-11-8-12-23(3)4)21-18(22-17)15-9-6-5-7-10-15/h5-7,9-10,13-14H,8,11-12H2,1-4H3,(H2,19,20,21,22). The first kappa shape index (κ1) is 17.2. The Morgan fingerprint density at radius 2 is 1.74 bits per heavy atom. The smallest absolute Gasteiger partial charge is 0.163 e. The summed E-state index contributed by atoms with van der Waals surface area (Å²) in [5.41, 5.74) is 1.02. The molecule has 23 heavy (non-hydrogen) atoms. The van der Waals surface area contributed by atoms with Crippen LogP contribution in [0.1, 0.15) is 20.3 Å². The molecule has 2 aromatic rings. The molecule has 2 rings (SSSR count). The van der Waals surface area contributed by atoms with Gasteiger partial charge in [-0.2, -0.15) is 0 Å². The molecular weight excluding hydrogens is 286 g/mol. The summed E-state index contributed by atoms with van der Waals surface area (Å²) in [7, 11) is 4.17. The molecule has 0 fully saturated rings. The summed E-state index contributed by atoms with van der Waals surface area (Å²) in [6.45, 7) is 6.16. The molecule has 2 N–H and O–H groups in total. The monoisotopic (exact) mass is 313 g/mol. The number of hydrogen-bond donors (Lipinski definition) is 2. The molecular formula is C18H27N5. The zero-order valence-corrected chi connectivity index (χ0v) is 14.5. The number of aromatic nitrogens is 2. The summed E-state index contributed by atoms with van der Waals surface area (Å²) in [5, 5.41) is 6.77.